The fourth-order valence-corrected chi connectivity index (χ4v) is 2.44. The van der Waals surface area contributed by atoms with Gasteiger partial charge in [-0.1, -0.05) is 11.6 Å². The number of nitrogens with zero attached hydrogens (tertiary/aromatic N) is 1. The molecule has 0 aliphatic carbocycles. The fraction of sp³-hybridized carbons (Fsp3) is 0.500. The van der Waals surface area contributed by atoms with E-state index in [1.54, 1.807) is 0 Å². The van der Waals surface area contributed by atoms with Gasteiger partial charge in [0.25, 0.3) is 0 Å². The second-order valence-electron chi connectivity index (χ2n) is 4.03. The minimum atomic E-state index is 0.447. The van der Waals surface area contributed by atoms with Crippen molar-refractivity contribution in [2.45, 2.75) is 18.3 Å². The van der Waals surface area contributed by atoms with E-state index in [0.29, 0.717) is 11.9 Å². The fourth-order valence-electron chi connectivity index (χ4n) is 2.03. The lowest BCUT2D eigenvalue weighted by Crippen LogP contribution is -2.32. The summed E-state index contributed by atoms with van der Waals surface area (Å²) in [5.74, 6) is 0.480. The van der Waals surface area contributed by atoms with Gasteiger partial charge in [0.15, 0.2) is 0 Å². The van der Waals surface area contributed by atoms with Crippen molar-refractivity contribution in [3.63, 3.8) is 0 Å². The Labute approximate surface area is 106 Å². The predicted octanol–water partition coefficient (Wildman–Crippen LogP) is 3.30. The van der Waals surface area contributed by atoms with Crippen LogP contribution in [0.2, 0.25) is 5.02 Å². The molecule has 0 aromatic heterocycles. The topological polar surface area (TPSA) is 12.5 Å². The molecule has 1 aliphatic heterocycles. The van der Waals surface area contributed by atoms with Crippen LogP contribution < -0.4 is 4.90 Å². The van der Waals surface area contributed by atoms with Gasteiger partial charge >= 0.3 is 0 Å². The van der Waals surface area contributed by atoms with Crippen LogP contribution in [0.4, 0.5) is 5.69 Å². The second-order valence-corrected chi connectivity index (χ2v) is 4.74. The average molecular weight is 260 g/mol. The van der Waals surface area contributed by atoms with Gasteiger partial charge in [-0.15, -0.1) is 11.6 Å². The molecule has 0 spiro atoms. The number of likely N-dealkylation sites (N-methyl/N-ethyl adjacent to an activating group) is 1. The van der Waals surface area contributed by atoms with Gasteiger partial charge in [-0.2, -0.15) is 0 Å². The number of hydrogen-bond acceptors (Lipinski definition) is 2. The zero-order valence-electron chi connectivity index (χ0n) is 9.25. The molecule has 0 radical (unpaired) electrons. The van der Waals surface area contributed by atoms with Crippen molar-refractivity contribution in [2.24, 2.45) is 0 Å². The first kappa shape index (κ1) is 12.0. The highest BCUT2D eigenvalue weighted by Crippen LogP contribution is 2.28. The van der Waals surface area contributed by atoms with E-state index in [1.807, 2.05) is 18.2 Å². The second kappa shape index (κ2) is 5.26. The lowest BCUT2D eigenvalue weighted by atomic mass is 10.1. The van der Waals surface area contributed by atoms with Crippen LogP contribution in [0.25, 0.3) is 0 Å². The smallest absolute Gasteiger partial charge is 0.0670 e. The normalized spacial score (nSPS) is 20.1. The largest absolute Gasteiger partial charge is 0.379 e. The SMILES string of the molecule is CN(c1ccc(Cl)cc1CCl)C1CCOC1. The molecule has 88 valence electrons. The van der Waals surface area contributed by atoms with Crippen LogP contribution in [0.15, 0.2) is 18.2 Å². The highest BCUT2D eigenvalue weighted by Gasteiger charge is 2.21. The van der Waals surface area contributed by atoms with Crippen LogP contribution in [-0.2, 0) is 10.6 Å². The highest BCUT2D eigenvalue weighted by atomic mass is 35.5. The molecule has 0 saturated carbocycles. The van der Waals surface area contributed by atoms with Crippen molar-refractivity contribution in [3.05, 3.63) is 28.8 Å². The van der Waals surface area contributed by atoms with Crippen LogP contribution in [-0.4, -0.2) is 26.3 Å². The van der Waals surface area contributed by atoms with Gasteiger partial charge in [-0.3, -0.25) is 0 Å². The summed E-state index contributed by atoms with van der Waals surface area (Å²) in [5.41, 5.74) is 2.22. The molecule has 1 aliphatic rings. The Balaban J connectivity index is 2.24. The molecule has 1 aromatic rings. The van der Waals surface area contributed by atoms with Gasteiger partial charge in [-0.05, 0) is 30.2 Å². The van der Waals surface area contributed by atoms with Gasteiger partial charge in [0.05, 0.1) is 12.6 Å². The highest BCUT2D eigenvalue weighted by molar-refractivity contribution is 6.30. The van der Waals surface area contributed by atoms with Gasteiger partial charge < -0.3 is 9.64 Å². The van der Waals surface area contributed by atoms with Gasteiger partial charge in [0.2, 0.25) is 0 Å². The van der Waals surface area contributed by atoms with Crippen molar-refractivity contribution in [1.82, 2.24) is 0 Å². The summed E-state index contributed by atoms with van der Waals surface area (Å²) < 4.78 is 5.40. The molecule has 1 unspecified atom stereocenters. The molecule has 16 heavy (non-hydrogen) atoms. The summed E-state index contributed by atoms with van der Waals surface area (Å²) in [5, 5.41) is 0.732. The number of ether oxygens (including phenoxy) is 1. The third kappa shape index (κ3) is 2.45. The third-order valence-electron chi connectivity index (χ3n) is 3.02. The van der Waals surface area contributed by atoms with E-state index in [9.17, 15) is 0 Å². The van der Waals surface area contributed by atoms with Crippen LogP contribution in [0.3, 0.4) is 0 Å². The quantitative estimate of drug-likeness (QED) is 0.773. The molecular weight excluding hydrogens is 245 g/mol. The summed E-state index contributed by atoms with van der Waals surface area (Å²) in [4.78, 5) is 2.24. The molecule has 4 heteroatoms. The third-order valence-corrected chi connectivity index (χ3v) is 3.54. The Morgan fingerprint density at radius 1 is 1.50 bits per heavy atom. The number of anilines is 1. The average Bonchev–Trinajstić information content (AvgIpc) is 2.81. The number of alkyl halides is 1. The Kier molecular flexibility index (Phi) is 3.95. The van der Waals surface area contributed by atoms with E-state index >= 15 is 0 Å². The first-order chi connectivity index (χ1) is 7.72. The Hall–Kier alpha value is -0.440. The van der Waals surface area contributed by atoms with Crippen molar-refractivity contribution in [2.75, 3.05) is 25.2 Å². The zero-order valence-corrected chi connectivity index (χ0v) is 10.8. The van der Waals surface area contributed by atoms with Crippen LogP contribution in [0.1, 0.15) is 12.0 Å². The maximum Gasteiger partial charge on any atom is 0.0670 e. The standard InChI is InChI=1S/C12H15Cl2NO/c1-15(11-4-5-16-8-11)12-3-2-10(14)6-9(12)7-13/h2-3,6,11H,4-5,7-8H2,1H3. The summed E-state index contributed by atoms with van der Waals surface area (Å²) in [7, 11) is 2.08. The summed E-state index contributed by atoms with van der Waals surface area (Å²) >= 11 is 11.9. The molecule has 0 N–H and O–H groups in total. The number of hydrogen-bond donors (Lipinski definition) is 0. The zero-order chi connectivity index (χ0) is 11.5. The van der Waals surface area contributed by atoms with E-state index in [-0.39, 0.29) is 0 Å². The Morgan fingerprint density at radius 2 is 2.31 bits per heavy atom. The number of halogens is 2. The molecule has 1 aromatic carbocycles. The van der Waals surface area contributed by atoms with E-state index in [2.05, 4.69) is 11.9 Å². The Morgan fingerprint density at radius 3 is 2.94 bits per heavy atom. The van der Waals surface area contributed by atoms with E-state index in [4.69, 9.17) is 27.9 Å². The van der Waals surface area contributed by atoms with Crippen LogP contribution >= 0.6 is 23.2 Å². The first-order valence-corrected chi connectivity index (χ1v) is 6.28. The maximum absolute atomic E-state index is 5.96. The van der Waals surface area contributed by atoms with Gasteiger partial charge in [0.1, 0.15) is 0 Å². The summed E-state index contributed by atoms with van der Waals surface area (Å²) in [6, 6.07) is 6.30. The number of rotatable bonds is 3. The molecule has 0 amide bonds. The number of benzene rings is 1. The minimum absolute atomic E-state index is 0.447. The monoisotopic (exact) mass is 259 g/mol. The maximum atomic E-state index is 5.96. The van der Waals surface area contributed by atoms with E-state index in [0.717, 1.165) is 35.9 Å². The molecule has 1 saturated heterocycles. The molecule has 1 fully saturated rings. The molecule has 1 atom stereocenters. The predicted molar refractivity (Wildman–Crippen MR) is 68.6 cm³/mol. The van der Waals surface area contributed by atoms with Gasteiger partial charge in [-0.25, -0.2) is 0 Å². The molecule has 2 rings (SSSR count). The van der Waals surface area contributed by atoms with Crippen LogP contribution in [0, 0.1) is 0 Å². The summed E-state index contributed by atoms with van der Waals surface area (Å²) in [6.07, 6.45) is 1.07. The van der Waals surface area contributed by atoms with Crippen molar-refractivity contribution in [1.29, 1.82) is 0 Å². The van der Waals surface area contributed by atoms with E-state index in [1.165, 1.54) is 0 Å². The molecular formula is C12H15Cl2NO. The lowest BCUT2D eigenvalue weighted by Gasteiger charge is -2.27. The Bertz CT molecular complexity index is 364. The minimum Gasteiger partial charge on any atom is -0.379 e. The van der Waals surface area contributed by atoms with Gasteiger partial charge in [0, 0.05) is 30.2 Å². The molecule has 0 bridgehead atoms. The molecule has 1 heterocycles. The van der Waals surface area contributed by atoms with Crippen molar-refractivity contribution >= 4 is 28.9 Å². The first-order valence-electron chi connectivity index (χ1n) is 5.37. The van der Waals surface area contributed by atoms with E-state index < -0.39 is 0 Å². The summed E-state index contributed by atoms with van der Waals surface area (Å²) in [6.45, 7) is 1.64. The van der Waals surface area contributed by atoms with Crippen molar-refractivity contribution in [3.8, 4) is 0 Å². The molecule has 2 nitrogen and oxygen atoms in total. The van der Waals surface area contributed by atoms with Crippen molar-refractivity contribution < 1.29 is 4.74 Å². The van der Waals surface area contributed by atoms with Crippen LogP contribution in [0.5, 0.6) is 0 Å². The lowest BCUT2D eigenvalue weighted by molar-refractivity contribution is 0.193.